The molecule has 0 aromatic carbocycles. The second kappa shape index (κ2) is 8.96. The third kappa shape index (κ3) is 8.68. The third-order valence-electron chi connectivity index (χ3n) is 2.67. The van der Waals surface area contributed by atoms with Crippen molar-refractivity contribution < 1.29 is 4.74 Å². The van der Waals surface area contributed by atoms with Gasteiger partial charge in [0.1, 0.15) is 0 Å². The average Bonchev–Trinajstić information content (AvgIpc) is 2.16. The highest BCUT2D eigenvalue weighted by Gasteiger charge is 2.09. The van der Waals surface area contributed by atoms with Crippen molar-refractivity contribution in [3.63, 3.8) is 0 Å². The molecule has 0 aliphatic carbocycles. The largest absolute Gasteiger partial charge is 0.381 e. The van der Waals surface area contributed by atoms with E-state index in [0.29, 0.717) is 6.10 Å². The molecular formula is C14H28O. The highest BCUT2D eigenvalue weighted by molar-refractivity contribution is 4.99. The number of hydrogen-bond donors (Lipinski definition) is 0. The molecule has 1 atom stereocenters. The molecule has 0 radical (unpaired) electrons. The zero-order chi connectivity index (χ0) is 11.7. The Balaban J connectivity index is 3.88. The van der Waals surface area contributed by atoms with Gasteiger partial charge in [-0.2, -0.15) is 0 Å². The summed E-state index contributed by atoms with van der Waals surface area (Å²) in [6.45, 7) is 8.96. The summed E-state index contributed by atoms with van der Waals surface area (Å²) in [6.07, 6.45) is 8.84. The number of ether oxygens (including phenoxy) is 1. The van der Waals surface area contributed by atoms with Gasteiger partial charge >= 0.3 is 0 Å². The van der Waals surface area contributed by atoms with Crippen molar-refractivity contribution in [2.75, 3.05) is 7.11 Å². The molecule has 0 fully saturated rings. The average molecular weight is 212 g/mol. The Hall–Kier alpha value is -0.300. The topological polar surface area (TPSA) is 9.23 Å². The van der Waals surface area contributed by atoms with Gasteiger partial charge in [-0.25, -0.2) is 0 Å². The molecule has 1 unspecified atom stereocenters. The summed E-state index contributed by atoms with van der Waals surface area (Å²) < 4.78 is 5.50. The summed E-state index contributed by atoms with van der Waals surface area (Å²) in [7, 11) is 1.83. The quantitative estimate of drug-likeness (QED) is 0.423. The second-order valence-corrected chi connectivity index (χ2v) is 4.88. The van der Waals surface area contributed by atoms with Gasteiger partial charge in [0, 0.05) is 7.11 Å². The lowest BCUT2D eigenvalue weighted by atomic mass is 9.99. The third-order valence-corrected chi connectivity index (χ3v) is 2.67. The minimum atomic E-state index is 0.405. The van der Waals surface area contributed by atoms with E-state index in [9.17, 15) is 0 Å². The van der Waals surface area contributed by atoms with Crippen LogP contribution in [0.15, 0.2) is 11.6 Å². The first kappa shape index (κ1) is 14.7. The predicted octanol–water partition coefficient (Wildman–Crippen LogP) is 4.57. The second-order valence-electron chi connectivity index (χ2n) is 4.88. The number of allylic oxidation sites excluding steroid dienone is 1. The fourth-order valence-corrected chi connectivity index (χ4v) is 1.78. The lowest BCUT2D eigenvalue weighted by molar-refractivity contribution is 0.0847. The SMILES string of the molecule is CCCC/C=C(\C)CC(CC(C)C)OC. The van der Waals surface area contributed by atoms with Crippen molar-refractivity contribution in [3.8, 4) is 0 Å². The monoisotopic (exact) mass is 212 g/mol. The molecule has 0 saturated heterocycles. The van der Waals surface area contributed by atoms with Crippen LogP contribution in [-0.2, 0) is 4.74 Å². The van der Waals surface area contributed by atoms with Crippen molar-refractivity contribution in [2.45, 2.75) is 65.9 Å². The van der Waals surface area contributed by atoms with Crippen molar-refractivity contribution in [1.29, 1.82) is 0 Å². The molecule has 0 saturated carbocycles. The van der Waals surface area contributed by atoms with Crippen molar-refractivity contribution >= 4 is 0 Å². The summed E-state index contributed by atoms with van der Waals surface area (Å²) in [5.74, 6) is 0.721. The maximum atomic E-state index is 5.50. The van der Waals surface area contributed by atoms with E-state index in [1.807, 2.05) is 7.11 Å². The maximum Gasteiger partial charge on any atom is 0.0610 e. The van der Waals surface area contributed by atoms with Crippen LogP contribution in [0.3, 0.4) is 0 Å². The Kier molecular flexibility index (Phi) is 8.79. The van der Waals surface area contributed by atoms with Crippen LogP contribution in [0.25, 0.3) is 0 Å². The number of rotatable bonds is 8. The molecule has 0 bridgehead atoms. The van der Waals surface area contributed by atoms with Gasteiger partial charge in [0.2, 0.25) is 0 Å². The van der Waals surface area contributed by atoms with E-state index in [-0.39, 0.29) is 0 Å². The van der Waals surface area contributed by atoms with Crippen LogP contribution in [0.1, 0.15) is 59.8 Å². The maximum absolute atomic E-state index is 5.50. The molecule has 0 amide bonds. The van der Waals surface area contributed by atoms with Gasteiger partial charge in [0.15, 0.2) is 0 Å². The van der Waals surface area contributed by atoms with E-state index < -0.39 is 0 Å². The van der Waals surface area contributed by atoms with Crippen LogP contribution in [0.4, 0.5) is 0 Å². The number of methoxy groups -OCH3 is 1. The molecule has 1 nitrogen and oxygen atoms in total. The zero-order valence-corrected chi connectivity index (χ0v) is 11.2. The summed E-state index contributed by atoms with van der Waals surface area (Å²) in [5, 5.41) is 0. The van der Waals surface area contributed by atoms with Crippen molar-refractivity contribution in [3.05, 3.63) is 11.6 Å². The molecule has 0 rings (SSSR count). The summed E-state index contributed by atoms with van der Waals surface area (Å²) in [5.41, 5.74) is 1.48. The fraction of sp³-hybridized carbons (Fsp3) is 0.857. The summed E-state index contributed by atoms with van der Waals surface area (Å²) in [4.78, 5) is 0. The molecule has 0 spiro atoms. The number of hydrogen-bond acceptors (Lipinski definition) is 1. The molecule has 15 heavy (non-hydrogen) atoms. The first-order chi connectivity index (χ1) is 7.10. The summed E-state index contributed by atoms with van der Waals surface area (Å²) >= 11 is 0. The molecule has 90 valence electrons. The fourth-order valence-electron chi connectivity index (χ4n) is 1.78. The highest BCUT2D eigenvalue weighted by atomic mass is 16.5. The van der Waals surface area contributed by atoms with Gasteiger partial charge in [0.05, 0.1) is 6.10 Å². The molecule has 0 aromatic rings. The van der Waals surface area contributed by atoms with Gasteiger partial charge in [-0.1, -0.05) is 45.3 Å². The lowest BCUT2D eigenvalue weighted by Crippen LogP contribution is -2.13. The van der Waals surface area contributed by atoms with E-state index in [0.717, 1.165) is 18.8 Å². The van der Waals surface area contributed by atoms with E-state index in [1.165, 1.54) is 24.8 Å². The minimum absolute atomic E-state index is 0.405. The van der Waals surface area contributed by atoms with E-state index >= 15 is 0 Å². The highest BCUT2D eigenvalue weighted by Crippen LogP contribution is 2.16. The Bertz CT molecular complexity index is 170. The van der Waals surface area contributed by atoms with E-state index in [1.54, 1.807) is 0 Å². The zero-order valence-electron chi connectivity index (χ0n) is 11.2. The van der Waals surface area contributed by atoms with E-state index in [4.69, 9.17) is 4.74 Å². The van der Waals surface area contributed by atoms with E-state index in [2.05, 4.69) is 33.8 Å². The number of unbranched alkanes of at least 4 members (excludes halogenated alkanes) is 2. The standard InChI is InChI=1S/C14H28O/c1-6-7-8-9-13(4)11-14(15-5)10-12(2)3/h9,12,14H,6-8,10-11H2,1-5H3/b13-9+. The smallest absolute Gasteiger partial charge is 0.0610 e. The molecule has 0 aromatic heterocycles. The Morgan fingerprint density at radius 3 is 2.47 bits per heavy atom. The normalized spacial score (nSPS) is 14.7. The lowest BCUT2D eigenvalue weighted by Gasteiger charge is -2.17. The van der Waals surface area contributed by atoms with Crippen LogP contribution in [0.5, 0.6) is 0 Å². The van der Waals surface area contributed by atoms with Crippen LogP contribution in [0.2, 0.25) is 0 Å². The summed E-state index contributed by atoms with van der Waals surface area (Å²) in [6, 6.07) is 0. The molecule has 0 heterocycles. The molecule has 0 N–H and O–H groups in total. The molecule has 0 aliphatic heterocycles. The van der Waals surface area contributed by atoms with Crippen molar-refractivity contribution in [2.24, 2.45) is 5.92 Å². The minimum Gasteiger partial charge on any atom is -0.381 e. The molecular weight excluding hydrogens is 184 g/mol. The van der Waals surface area contributed by atoms with Gasteiger partial charge in [-0.3, -0.25) is 0 Å². The van der Waals surface area contributed by atoms with Gasteiger partial charge < -0.3 is 4.74 Å². The van der Waals surface area contributed by atoms with Gasteiger partial charge in [0.25, 0.3) is 0 Å². The Morgan fingerprint density at radius 2 is 2.00 bits per heavy atom. The van der Waals surface area contributed by atoms with Crippen LogP contribution in [0, 0.1) is 5.92 Å². The van der Waals surface area contributed by atoms with Gasteiger partial charge in [-0.15, -0.1) is 0 Å². The van der Waals surface area contributed by atoms with Crippen LogP contribution >= 0.6 is 0 Å². The Morgan fingerprint density at radius 1 is 1.33 bits per heavy atom. The molecule has 0 aliphatic rings. The van der Waals surface area contributed by atoms with Crippen LogP contribution < -0.4 is 0 Å². The van der Waals surface area contributed by atoms with Gasteiger partial charge in [-0.05, 0) is 32.1 Å². The first-order valence-corrected chi connectivity index (χ1v) is 6.28. The first-order valence-electron chi connectivity index (χ1n) is 6.28. The van der Waals surface area contributed by atoms with Crippen LogP contribution in [-0.4, -0.2) is 13.2 Å². The molecule has 1 heteroatoms. The Labute approximate surface area is 95.9 Å². The predicted molar refractivity (Wildman–Crippen MR) is 68.2 cm³/mol. The van der Waals surface area contributed by atoms with Crippen molar-refractivity contribution in [1.82, 2.24) is 0 Å².